The minimum atomic E-state index is -1.75. The fourth-order valence-corrected chi connectivity index (χ4v) is 5.96. The predicted molar refractivity (Wildman–Crippen MR) is 129 cm³/mol. The number of thioether (sulfide) groups is 1. The number of nitrogen functional groups attached to an aromatic ring is 1. The van der Waals surface area contributed by atoms with Gasteiger partial charge in [0.25, 0.3) is 11.8 Å². The highest BCUT2D eigenvalue weighted by Crippen LogP contribution is 2.43. The highest BCUT2D eigenvalue weighted by Gasteiger charge is 2.54. The maximum atomic E-state index is 13.1. The number of hydrogen-bond acceptors (Lipinski definition) is 12. The van der Waals surface area contributed by atoms with Gasteiger partial charge in [0, 0.05) is 23.1 Å². The van der Waals surface area contributed by atoms with E-state index in [0.717, 1.165) is 16.2 Å². The Kier molecular flexibility index (Phi) is 6.96. The number of quaternary nitrogens is 1. The SMILES string of the molecule is CC(C)(O/N=C(\C(=O)NC1C(=O)N2C(C(=O)[O-])=C([C@@H]3CC[N+](C)(C)O3)CSC12)c1csc(N)n1)C(=O)O. The molecule has 1 aromatic rings. The average molecular weight is 555 g/mol. The third-order valence-corrected chi connectivity index (χ3v) is 8.04. The first-order valence-electron chi connectivity index (χ1n) is 11.1. The van der Waals surface area contributed by atoms with Crippen molar-refractivity contribution in [2.45, 2.75) is 43.4 Å². The number of fused-ring (bicyclic) bond motifs is 1. The number of thiazole rings is 1. The van der Waals surface area contributed by atoms with E-state index in [1.54, 1.807) is 0 Å². The molecule has 3 atom stereocenters. The number of nitrogens with two attached hydrogens (primary N) is 1. The monoisotopic (exact) mass is 554 g/mol. The van der Waals surface area contributed by atoms with Crippen LogP contribution < -0.4 is 16.2 Å². The van der Waals surface area contributed by atoms with Gasteiger partial charge in [0.15, 0.2) is 10.8 Å². The van der Waals surface area contributed by atoms with E-state index in [1.165, 1.54) is 31.0 Å². The number of hydroxylamine groups is 3. The largest absolute Gasteiger partial charge is 0.543 e. The Bertz CT molecular complexity index is 1230. The summed E-state index contributed by atoms with van der Waals surface area (Å²) in [4.78, 5) is 65.7. The number of aromatic nitrogens is 1. The summed E-state index contributed by atoms with van der Waals surface area (Å²) in [5, 5.41) is 28.4. The number of amides is 2. The van der Waals surface area contributed by atoms with Crippen LogP contribution in [0.2, 0.25) is 0 Å². The molecule has 37 heavy (non-hydrogen) atoms. The Hall–Kier alpha value is -3.21. The number of carbonyl (C=O) groups excluding carboxylic acids is 3. The van der Waals surface area contributed by atoms with Gasteiger partial charge in [-0.1, -0.05) is 5.16 Å². The number of rotatable bonds is 8. The van der Waals surface area contributed by atoms with Crippen LogP contribution in [0.15, 0.2) is 21.8 Å². The third kappa shape index (κ3) is 5.14. The van der Waals surface area contributed by atoms with Crippen molar-refractivity contribution in [3.05, 3.63) is 22.3 Å². The van der Waals surface area contributed by atoms with Crippen molar-refractivity contribution >= 4 is 57.7 Å². The van der Waals surface area contributed by atoms with Crippen LogP contribution >= 0.6 is 23.1 Å². The van der Waals surface area contributed by atoms with E-state index < -0.39 is 46.9 Å². The third-order valence-electron chi connectivity index (χ3n) is 6.07. The van der Waals surface area contributed by atoms with Crippen LogP contribution in [0, 0.1) is 0 Å². The molecule has 2 unspecified atom stereocenters. The topological polar surface area (TPSA) is 197 Å². The lowest BCUT2D eigenvalue weighted by Gasteiger charge is -2.51. The van der Waals surface area contributed by atoms with Gasteiger partial charge in [-0.3, -0.25) is 14.5 Å². The number of carboxylic acid groups (broad SMARTS) is 2. The van der Waals surface area contributed by atoms with Crippen LogP contribution in [0.25, 0.3) is 0 Å². The van der Waals surface area contributed by atoms with Crippen LogP contribution in [0.1, 0.15) is 26.0 Å². The van der Waals surface area contributed by atoms with E-state index in [0.29, 0.717) is 18.5 Å². The van der Waals surface area contributed by atoms with Crippen LogP contribution in [-0.4, -0.2) is 98.6 Å². The highest BCUT2D eigenvalue weighted by molar-refractivity contribution is 8.00. The van der Waals surface area contributed by atoms with Crippen molar-refractivity contribution in [2.24, 2.45) is 5.16 Å². The number of aliphatic carboxylic acids is 2. The molecule has 200 valence electrons. The zero-order valence-electron chi connectivity index (χ0n) is 20.4. The Morgan fingerprint density at radius 2 is 2.11 bits per heavy atom. The van der Waals surface area contributed by atoms with Crippen molar-refractivity contribution in [1.82, 2.24) is 15.2 Å². The van der Waals surface area contributed by atoms with Crippen molar-refractivity contribution < 1.29 is 43.7 Å². The molecule has 1 aromatic heterocycles. The van der Waals surface area contributed by atoms with Gasteiger partial charge >= 0.3 is 5.97 Å². The molecule has 2 fully saturated rings. The molecule has 14 nitrogen and oxygen atoms in total. The minimum absolute atomic E-state index is 0.0258. The molecule has 3 aliphatic rings. The second-order valence-electron chi connectivity index (χ2n) is 9.62. The Labute approximate surface area is 219 Å². The molecule has 0 bridgehead atoms. The maximum absolute atomic E-state index is 13.1. The molecule has 0 radical (unpaired) electrons. The van der Waals surface area contributed by atoms with Crippen LogP contribution in [0.5, 0.6) is 0 Å². The molecule has 2 amide bonds. The van der Waals surface area contributed by atoms with Crippen molar-refractivity contribution in [3.8, 4) is 0 Å². The minimum Gasteiger partial charge on any atom is -0.543 e. The molecule has 0 spiro atoms. The first-order chi connectivity index (χ1) is 17.2. The molecule has 0 aliphatic carbocycles. The molecule has 4 N–H and O–H groups in total. The zero-order valence-corrected chi connectivity index (χ0v) is 22.1. The molecule has 2 saturated heterocycles. The molecule has 3 aliphatic heterocycles. The summed E-state index contributed by atoms with van der Waals surface area (Å²) < 4.78 is 0.263. The second kappa shape index (κ2) is 9.59. The molecular weight excluding hydrogens is 528 g/mol. The molecule has 0 aromatic carbocycles. The molecule has 4 heterocycles. The number of nitrogens with one attached hydrogen (secondary N) is 1. The van der Waals surface area contributed by atoms with Gasteiger partial charge in [0.05, 0.1) is 25.8 Å². The number of hydrogen-bond donors (Lipinski definition) is 3. The fourth-order valence-electron chi connectivity index (χ4n) is 4.00. The summed E-state index contributed by atoms with van der Waals surface area (Å²) in [7, 11) is 3.71. The Morgan fingerprint density at radius 1 is 1.41 bits per heavy atom. The van der Waals surface area contributed by atoms with Gasteiger partial charge in [-0.05, 0) is 13.8 Å². The molecule has 16 heteroatoms. The van der Waals surface area contributed by atoms with E-state index in [1.807, 2.05) is 14.1 Å². The number of nitrogens with zero attached hydrogens (tertiary/aromatic N) is 4. The number of β-lactam (4-membered cyclic amide) rings is 1. The van der Waals surface area contributed by atoms with Gasteiger partial charge < -0.3 is 30.9 Å². The number of anilines is 1. The van der Waals surface area contributed by atoms with Gasteiger partial charge in [0.1, 0.15) is 29.8 Å². The van der Waals surface area contributed by atoms with Gasteiger partial charge in [-0.25, -0.2) is 9.78 Å². The maximum Gasteiger partial charge on any atom is 0.350 e. The summed E-state index contributed by atoms with van der Waals surface area (Å²) in [5.74, 6) is -4.05. The smallest absolute Gasteiger partial charge is 0.350 e. The van der Waals surface area contributed by atoms with E-state index in [2.05, 4.69) is 15.5 Å². The normalized spacial score (nSPS) is 25.4. The van der Waals surface area contributed by atoms with E-state index in [9.17, 15) is 29.4 Å². The summed E-state index contributed by atoms with van der Waals surface area (Å²) in [6.45, 7) is 3.17. The first kappa shape index (κ1) is 26.8. The van der Waals surface area contributed by atoms with E-state index in [-0.39, 0.29) is 32.6 Å². The predicted octanol–water partition coefficient (Wildman–Crippen LogP) is -1.51. The lowest BCUT2D eigenvalue weighted by molar-refractivity contribution is -1.06. The van der Waals surface area contributed by atoms with Gasteiger partial charge in [0.2, 0.25) is 5.60 Å². The van der Waals surface area contributed by atoms with Crippen LogP contribution in [0.3, 0.4) is 0 Å². The number of carbonyl (C=O) groups is 4. The van der Waals surface area contributed by atoms with Crippen LogP contribution in [-0.2, 0) is 28.9 Å². The van der Waals surface area contributed by atoms with Gasteiger partial charge in [-0.2, -0.15) is 9.48 Å². The van der Waals surface area contributed by atoms with E-state index in [4.69, 9.17) is 15.4 Å². The number of oxime groups is 1. The summed E-state index contributed by atoms with van der Waals surface area (Å²) in [6, 6.07) is -1.07. The second-order valence-corrected chi connectivity index (χ2v) is 11.6. The summed E-state index contributed by atoms with van der Waals surface area (Å²) in [5.41, 5.74) is 3.78. The fraction of sp³-hybridized carbons (Fsp3) is 0.524. The average Bonchev–Trinajstić information content (AvgIpc) is 3.40. The summed E-state index contributed by atoms with van der Waals surface area (Å²) >= 11 is 2.31. The lowest BCUT2D eigenvalue weighted by atomic mass is 9.99. The van der Waals surface area contributed by atoms with Crippen molar-refractivity contribution in [3.63, 3.8) is 0 Å². The molecular formula is C21H26N6O8S2. The molecule has 4 rings (SSSR count). The Balaban J connectivity index is 1.55. The van der Waals surface area contributed by atoms with E-state index >= 15 is 0 Å². The lowest BCUT2D eigenvalue weighted by Crippen LogP contribution is -2.71. The molecule has 0 saturated carbocycles. The zero-order chi connectivity index (χ0) is 27.3. The highest BCUT2D eigenvalue weighted by atomic mass is 32.2. The first-order valence-corrected chi connectivity index (χ1v) is 13.1. The Morgan fingerprint density at radius 3 is 2.65 bits per heavy atom. The number of carboxylic acids is 2. The standard InChI is InChI=1S/C21H26N6O8S2/c1-21(2,19(32)33)35-25-12(10-8-37-20(22)23-10)15(28)24-13-16(29)26-14(18(30)31)9(7-36-17(13)26)11-5-6-27(3,4)34-11/h8,11,13,17H,5-7H2,1-4H3,(H4-,22,23,24,28,30,31,32,33)/b25-12-/t11-,13?,17?/m0/s1. The van der Waals surface area contributed by atoms with Crippen molar-refractivity contribution in [2.75, 3.05) is 32.1 Å². The quantitative estimate of drug-likeness (QED) is 0.146. The van der Waals surface area contributed by atoms with Crippen LogP contribution in [0.4, 0.5) is 5.13 Å². The van der Waals surface area contributed by atoms with Gasteiger partial charge in [-0.15, -0.1) is 23.1 Å². The van der Waals surface area contributed by atoms with Crippen molar-refractivity contribution in [1.29, 1.82) is 0 Å². The summed E-state index contributed by atoms with van der Waals surface area (Å²) in [6.07, 6.45) is 0.122.